The van der Waals surface area contributed by atoms with Gasteiger partial charge in [0.1, 0.15) is 6.29 Å². The van der Waals surface area contributed by atoms with Gasteiger partial charge in [0.2, 0.25) is 0 Å². The van der Waals surface area contributed by atoms with Gasteiger partial charge in [0.25, 0.3) is 0 Å². The third-order valence-corrected chi connectivity index (χ3v) is 0.0962. The minimum Gasteiger partial charge on any atom is -0.299 e. The third-order valence-electron chi connectivity index (χ3n) is 0.0962. The Balaban J connectivity index is 0. The van der Waals surface area contributed by atoms with Crippen LogP contribution in [0.5, 0.6) is 0 Å². The van der Waals surface area contributed by atoms with E-state index in [2.05, 4.69) is 13.2 Å². The Bertz CT molecular complexity index is 49.2. The molecule has 0 bridgehead atoms. The second-order valence-electron chi connectivity index (χ2n) is 0.780. The van der Waals surface area contributed by atoms with Gasteiger partial charge in [-0.15, -0.1) is 6.58 Å². The maximum atomic E-state index is 9.06. The van der Waals surface area contributed by atoms with Crippen LogP contribution in [0.25, 0.3) is 0 Å². The summed E-state index contributed by atoms with van der Waals surface area (Å²) in [4.78, 5) is 9.06. The first kappa shape index (κ1) is 9.47. The molecule has 0 saturated heterocycles. The maximum absolute atomic E-state index is 9.06. The van der Waals surface area contributed by atoms with Crippen molar-refractivity contribution in [2.75, 3.05) is 0 Å². The van der Waals surface area contributed by atoms with Gasteiger partial charge in [-0.25, -0.2) is 0 Å². The Labute approximate surface area is 44.4 Å². The Morgan fingerprint density at radius 3 is 1.57 bits per heavy atom. The molecular weight excluding hydrogens is 88.1 g/mol. The number of aldehydes is 1. The summed E-state index contributed by atoms with van der Waals surface area (Å²) in [5, 5.41) is 0. The van der Waals surface area contributed by atoms with Crippen LogP contribution < -0.4 is 0 Å². The fraction of sp³-hybridized carbons (Fsp3) is 0.167. The van der Waals surface area contributed by atoms with Crippen LogP contribution in [0.2, 0.25) is 0 Å². The van der Waals surface area contributed by atoms with Gasteiger partial charge < -0.3 is 0 Å². The van der Waals surface area contributed by atoms with Crippen molar-refractivity contribution in [1.29, 1.82) is 0 Å². The van der Waals surface area contributed by atoms with Gasteiger partial charge in [-0.2, -0.15) is 0 Å². The van der Waals surface area contributed by atoms with Crippen LogP contribution in [0, 0.1) is 0 Å². The molecule has 0 saturated carbocycles. The van der Waals surface area contributed by atoms with E-state index in [-0.39, 0.29) is 0 Å². The van der Waals surface area contributed by atoms with Gasteiger partial charge in [-0.3, -0.25) is 4.79 Å². The monoisotopic (exact) mass is 98.1 g/mol. The van der Waals surface area contributed by atoms with Gasteiger partial charge in [0.15, 0.2) is 0 Å². The van der Waals surface area contributed by atoms with E-state index >= 15 is 0 Å². The lowest BCUT2D eigenvalue weighted by molar-refractivity contribution is -0.104. The number of rotatable bonds is 1. The lowest BCUT2D eigenvalue weighted by Crippen LogP contribution is -1.44. The highest BCUT2D eigenvalue weighted by Gasteiger charge is 1.38. The fourth-order valence-corrected chi connectivity index (χ4v) is 0. The standard InChI is InChI=1S/C3H4O.C3H6/c1-2-3-4;1-3-2/h2-3H,1H2;3H,1H2,2H3. The molecule has 0 aromatic carbocycles. The van der Waals surface area contributed by atoms with E-state index in [0.29, 0.717) is 6.29 Å². The van der Waals surface area contributed by atoms with Gasteiger partial charge in [0, 0.05) is 0 Å². The third kappa shape index (κ3) is 2270. The van der Waals surface area contributed by atoms with Crippen molar-refractivity contribution in [3.63, 3.8) is 0 Å². The zero-order chi connectivity index (χ0) is 6.12. The molecule has 0 aromatic heterocycles. The van der Waals surface area contributed by atoms with Crippen molar-refractivity contribution in [1.82, 2.24) is 0 Å². The van der Waals surface area contributed by atoms with E-state index in [1.165, 1.54) is 6.08 Å². The fourth-order valence-electron chi connectivity index (χ4n) is 0. The predicted molar refractivity (Wildman–Crippen MR) is 32.1 cm³/mol. The molecule has 0 amide bonds. The molecule has 0 aliphatic rings. The van der Waals surface area contributed by atoms with Crippen molar-refractivity contribution in [2.45, 2.75) is 6.92 Å². The van der Waals surface area contributed by atoms with Crippen LogP contribution in [-0.4, -0.2) is 6.29 Å². The van der Waals surface area contributed by atoms with Crippen LogP contribution in [-0.2, 0) is 4.79 Å². The van der Waals surface area contributed by atoms with E-state index in [9.17, 15) is 0 Å². The first-order chi connectivity index (χ1) is 3.33. The number of hydrogen-bond acceptors (Lipinski definition) is 1. The Kier molecular flexibility index (Phi) is 26.0. The number of carbonyl (C=O) groups excluding carboxylic acids is 1. The van der Waals surface area contributed by atoms with Crippen molar-refractivity contribution >= 4 is 6.29 Å². The quantitative estimate of drug-likeness (QED) is 0.276. The second-order valence-corrected chi connectivity index (χ2v) is 0.780. The summed E-state index contributed by atoms with van der Waals surface area (Å²) in [5.41, 5.74) is 0. The smallest absolute Gasteiger partial charge is 0.142 e. The number of allylic oxidation sites excluding steroid dienone is 2. The molecule has 0 atom stereocenters. The van der Waals surface area contributed by atoms with E-state index in [1.807, 2.05) is 6.92 Å². The minimum atomic E-state index is 0.639. The van der Waals surface area contributed by atoms with Gasteiger partial charge in [0.05, 0.1) is 0 Å². The molecule has 0 aromatic rings. The van der Waals surface area contributed by atoms with Crippen molar-refractivity contribution in [2.24, 2.45) is 0 Å². The molecule has 0 radical (unpaired) electrons. The lowest BCUT2D eigenvalue weighted by atomic mass is 10.8. The average Bonchev–Trinajstić information content (AvgIpc) is 1.69. The van der Waals surface area contributed by atoms with Crippen molar-refractivity contribution in [3.05, 3.63) is 25.3 Å². The highest BCUT2D eigenvalue weighted by Crippen LogP contribution is 1.38. The molecule has 1 nitrogen and oxygen atoms in total. The summed E-state index contributed by atoms with van der Waals surface area (Å²) in [6, 6.07) is 0. The molecule has 0 aliphatic heterocycles. The lowest BCUT2D eigenvalue weighted by Gasteiger charge is -1.37. The van der Waals surface area contributed by atoms with Crippen LogP contribution in [0.4, 0.5) is 0 Å². The maximum Gasteiger partial charge on any atom is 0.142 e. The zero-order valence-corrected chi connectivity index (χ0v) is 4.55. The Morgan fingerprint density at radius 1 is 1.43 bits per heavy atom. The van der Waals surface area contributed by atoms with E-state index in [0.717, 1.165) is 0 Å². The molecular formula is C6H10O. The zero-order valence-electron chi connectivity index (χ0n) is 4.55. The second kappa shape index (κ2) is 19.2. The first-order valence-electron chi connectivity index (χ1n) is 1.96. The Hall–Kier alpha value is -0.850. The van der Waals surface area contributed by atoms with Gasteiger partial charge in [-0.1, -0.05) is 12.7 Å². The number of hydrogen-bond donors (Lipinski definition) is 0. The summed E-state index contributed by atoms with van der Waals surface area (Å²) >= 11 is 0. The largest absolute Gasteiger partial charge is 0.299 e. The molecule has 0 fully saturated rings. The molecule has 0 unspecified atom stereocenters. The number of carbonyl (C=O) groups is 1. The summed E-state index contributed by atoms with van der Waals surface area (Å²) in [5.74, 6) is 0. The summed E-state index contributed by atoms with van der Waals surface area (Å²) in [6.45, 7) is 8.36. The van der Waals surface area contributed by atoms with Crippen LogP contribution >= 0.6 is 0 Å². The van der Waals surface area contributed by atoms with Crippen LogP contribution in [0.3, 0.4) is 0 Å². The molecule has 0 N–H and O–H groups in total. The topological polar surface area (TPSA) is 17.1 Å². The van der Waals surface area contributed by atoms with Crippen LogP contribution in [0.1, 0.15) is 6.92 Å². The van der Waals surface area contributed by atoms with Crippen molar-refractivity contribution in [3.8, 4) is 0 Å². The van der Waals surface area contributed by atoms with Crippen LogP contribution in [0.15, 0.2) is 25.3 Å². The van der Waals surface area contributed by atoms with Gasteiger partial charge >= 0.3 is 0 Å². The molecule has 7 heavy (non-hydrogen) atoms. The average molecular weight is 98.1 g/mol. The normalized spacial score (nSPS) is 4.71. The van der Waals surface area contributed by atoms with Gasteiger partial charge in [-0.05, 0) is 13.0 Å². The molecule has 0 rings (SSSR count). The Morgan fingerprint density at radius 2 is 1.57 bits per heavy atom. The molecule has 0 aliphatic carbocycles. The highest BCUT2D eigenvalue weighted by molar-refractivity contribution is 5.63. The highest BCUT2D eigenvalue weighted by atomic mass is 16.1. The molecule has 0 spiro atoms. The SMILES string of the molecule is C=CC.C=CC=O. The van der Waals surface area contributed by atoms with E-state index < -0.39 is 0 Å². The minimum absolute atomic E-state index is 0.639. The first-order valence-corrected chi connectivity index (χ1v) is 1.96. The summed E-state index contributed by atoms with van der Waals surface area (Å²) < 4.78 is 0. The predicted octanol–water partition coefficient (Wildman–Crippen LogP) is 1.56. The van der Waals surface area contributed by atoms with E-state index in [4.69, 9.17) is 4.79 Å². The van der Waals surface area contributed by atoms with E-state index in [1.54, 1.807) is 6.08 Å². The summed E-state index contributed by atoms with van der Waals surface area (Å²) in [6.07, 6.45) is 3.58. The molecule has 40 valence electrons. The van der Waals surface area contributed by atoms with Crippen molar-refractivity contribution < 1.29 is 4.79 Å². The summed E-state index contributed by atoms with van der Waals surface area (Å²) in [7, 11) is 0. The molecule has 0 heterocycles. The molecule has 1 heteroatoms.